The van der Waals surface area contributed by atoms with Crippen LogP contribution in [0.15, 0.2) is 48.5 Å². The molecular formula is C17H18ClFN2. The summed E-state index contributed by atoms with van der Waals surface area (Å²) in [5.74, 6) is -0.326. The Hall–Kier alpha value is -1.58. The first kappa shape index (κ1) is 14.4. The molecular weight excluding hydrogens is 287 g/mol. The molecule has 1 aliphatic rings. The van der Waals surface area contributed by atoms with Crippen LogP contribution in [0, 0.1) is 5.82 Å². The van der Waals surface area contributed by atoms with E-state index < -0.39 is 0 Å². The molecule has 1 atom stereocenters. The van der Waals surface area contributed by atoms with E-state index in [1.807, 2.05) is 18.2 Å². The van der Waals surface area contributed by atoms with E-state index in [1.54, 1.807) is 18.2 Å². The van der Waals surface area contributed by atoms with Gasteiger partial charge in [0, 0.05) is 19.1 Å². The van der Waals surface area contributed by atoms with Crippen LogP contribution in [-0.4, -0.2) is 19.6 Å². The fraction of sp³-hybridized carbons (Fsp3) is 0.294. The van der Waals surface area contributed by atoms with Gasteiger partial charge in [-0.15, -0.1) is 0 Å². The van der Waals surface area contributed by atoms with Gasteiger partial charge in [0.25, 0.3) is 0 Å². The van der Waals surface area contributed by atoms with Crippen molar-refractivity contribution in [3.05, 3.63) is 64.9 Å². The van der Waals surface area contributed by atoms with Gasteiger partial charge in [-0.3, -0.25) is 0 Å². The van der Waals surface area contributed by atoms with Gasteiger partial charge in [-0.25, -0.2) is 4.39 Å². The Kier molecular flexibility index (Phi) is 4.42. The zero-order chi connectivity index (χ0) is 14.7. The molecule has 1 heterocycles. The SMILES string of the molecule is Fc1c(Cl)cccc1N1CCCNC(c2ccccc2)C1. The smallest absolute Gasteiger partial charge is 0.165 e. The molecule has 1 unspecified atom stereocenters. The number of nitrogens with zero attached hydrogens (tertiary/aromatic N) is 1. The van der Waals surface area contributed by atoms with Crippen molar-refractivity contribution < 1.29 is 4.39 Å². The normalized spacial score (nSPS) is 19.3. The summed E-state index contributed by atoms with van der Waals surface area (Å²) in [6, 6.07) is 15.7. The molecule has 0 bridgehead atoms. The number of rotatable bonds is 2. The Bertz CT molecular complexity index is 603. The van der Waals surface area contributed by atoms with Crippen molar-refractivity contribution >= 4 is 17.3 Å². The predicted octanol–water partition coefficient (Wildman–Crippen LogP) is 4.02. The average Bonchev–Trinajstić information content (AvgIpc) is 2.77. The monoisotopic (exact) mass is 304 g/mol. The van der Waals surface area contributed by atoms with Crippen LogP contribution in [0.25, 0.3) is 0 Å². The molecule has 2 aromatic rings. The number of benzene rings is 2. The van der Waals surface area contributed by atoms with Gasteiger partial charge in [-0.2, -0.15) is 0 Å². The van der Waals surface area contributed by atoms with Crippen molar-refractivity contribution in [2.75, 3.05) is 24.5 Å². The van der Waals surface area contributed by atoms with E-state index in [2.05, 4.69) is 22.3 Å². The molecule has 0 saturated carbocycles. The van der Waals surface area contributed by atoms with Crippen LogP contribution in [0.1, 0.15) is 18.0 Å². The number of nitrogens with one attached hydrogen (secondary N) is 1. The van der Waals surface area contributed by atoms with Gasteiger partial charge in [0.05, 0.1) is 10.7 Å². The summed E-state index contributed by atoms with van der Waals surface area (Å²) < 4.78 is 14.3. The summed E-state index contributed by atoms with van der Waals surface area (Å²) in [6.07, 6.45) is 0.981. The van der Waals surface area contributed by atoms with Crippen LogP contribution in [-0.2, 0) is 0 Å². The quantitative estimate of drug-likeness (QED) is 0.901. The van der Waals surface area contributed by atoms with Crippen LogP contribution >= 0.6 is 11.6 Å². The maximum Gasteiger partial charge on any atom is 0.165 e. The highest BCUT2D eigenvalue weighted by Crippen LogP contribution is 2.28. The van der Waals surface area contributed by atoms with Crippen LogP contribution < -0.4 is 10.2 Å². The lowest BCUT2D eigenvalue weighted by atomic mass is 10.1. The number of hydrogen-bond donors (Lipinski definition) is 1. The molecule has 21 heavy (non-hydrogen) atoms. The molecule has 2 nitrogen and oxygen atoms in total. The second-order valence-corrected chi connectivity index (χ2v) is 5.70. The maximum absolute atomic E-state index is 14.3. The Morgan fingerprint density at radius 2 is 1.90 bits per heavy atom. The van der Waals surface area contributed by atoms with Gasteiger partial charge in [0.1, 0.15) is 0 Å². The molecule has 3 rings (SSSR count). The second-order valence-electron chi connectivity index (χ2n) is 5.29. The first-order valence-electron chi connectivity index (χ1n) is 7.23. The van der Waals surface area contributed by atoms with Crippen LogP contribution in [0.5, 0.6) is 0 Å². The van der Waals surface area contributed by atoms with Crippen LogP contribution in [0.4, 0.5) is 10.1 Å². The molecule has 0 amide bonds. The lowest BCUT2D eigenvalue weighted by Gasteiger charge is -2.27. The van der Waals surface area contributed by atoms with E-state index in [9.17, 15) is 4.39 Å². The Morgan fingerprint density at radius 1 is 1.10 bits per heavy atom. The molecule has 1 fully saturated rings. The molecule has 0 spiro atoms. The highest BCUT2D eigenvalue weighted by Gasteiger charge is 2.21. The molecule has 0 radical (unpaired) electrons. The summed E-state index contributed by atoms with van der Waals surface area (Å²) in [5.41, 5.74) is 1.82. The fourth-order valence-corrected chi connectivity index (χ4v) is 2.96. The third kappa shape index (κ3) is 3.20. The van der Waals surface area contributed by atoms with E-state index in [1.165, 1.54) is 5.56 Å². The number of hydrogen-bond acceptors (Lipinski definition) is 2. The molecule has 1 N–H and O–H groups in total. The minimum Gasteiger partial charge on any atom is -0.367 e. The highest BCUT2D eigenvalue weighted by atomic mass is 35.5. The largest absolute Gasteiger partial charge is 0.367 e. The standard InChI is InChI=1S/C17H18ClFN2/c18-14-8-4-9-16(17(14)19)21-11-5-10-20-15(12-21)13-6-2-1-3-7-13/h1-4,6-9,15,20H,5,10-12H2. The first-order valence-corrected chi connectivity index (χ1v) is 7.61. The highest BCUT2D eigenvalue weighted by molar-refractivity contribution is 6.31. The van der Waals surface area contributed by atoms with Gasteiger partial charge in [-0.1, -0.05) is 48.0 Å². The van der Waals surface area contributed by atoms with Crippen LogP contribution in [0.2, 0.25) is 5.02 Å². The molecule has 0 aliphatic carbocycles. The lowest BCUT2D eigenvalue weighted by Crippen LogP contribution is -2.31. The van der Waals surface area contributed by atoms with Gasteiger partial charge in [0.15, 0.2) is 5.82 Å². The summed E-state index contributed by atoms with van der Waals surface area (Å²) >= 11 is 5.91. The molecule has 1 saturated heterocycles. The number of anilines is 1. The van der Waals surface area contributed by atoms with Crippen molar-refractivity contribution in [3.63, 3.8) is 0 Å². The van der Waals surface area contributed by atoms with Gasteiger partial charge >= 0.3 is 0 Å². The summed E-state index contributed by atoms with van der Waals surface area (Å²) in [6.45, 7) is 2.49. The van der Waals surface area contributed by atoms with Crippen molar-refractivity contribution in [2.45, 2.75) is 12.5 Å². The van der Waals surface area contributed by atoms with Gasteiger partial charge < -0.3 is 10.2 Å². The summed E-state index contributed by atoms with van der Waals surface area (Å²) in [5, 5.41) is 3.72. The lowest BCUT2D eigenvalue weighted by molar-refractivity contribution is 0.564. The Labute approximate surface area is 129 Å². The molecule has 0 aromatic heterocycles. The third-order valence-corrected chi connectivity index (χ3v) is 4.16. The summed E-state index contributed by atoms with van der Waals surface area (Å²) in [7, 11) is 0. The molecule has 4 heteroatoms. The van der Waals surface area contributed by atoms with Gasteiger partial charge in [-0.05, 0) is 30.7 Å². The molecule has 2 aromatic carbocycles. The molecule has 110 valence electrons. The van der Waals surface area contributed by atoms with Crippen molar-refractivity contribution in [1.82, 2.24) is 5.32 Å². The van der Waals surface area contributed by atoms with Crippen molar-refractivity contribution in [3.8, 4) is 0 Å². The van der Waals surface area contributed by atoms with E-state index in [-0.39, 0.29) is 16.9 Å². The minimum absolute atomic E-state index is 0.181. The topological polar surface area (TPSA) is 15.3 Å². The predicted molar refractivity (Wildman–Crippen MR) is 85.4 cm³/mol. The first-order chi connectivity index (χ1) is 10.3. The van der Waals surface area contributed by atoms with E-state index in [4.69, 9.17) is 11.6 Å². The molecule has 1 aliphatic heterocycles. The fourth-order valence-electron chi connectivity index (χ4n) is 2.79. The third-order valence-electron chi connectivity index (χ3n) is 3.87. The zero-order valence-corrected chi connectivity index (χ0v) is 12.5. The maximum atomic E-state index is 14.3. The van der Waals surface area contributed by atoms with Crippen molar-refractivity contribution in [1.29, 1.82) is 0 Å². The minimum atomic E-state index is -0.326. The van der Waals surface area contributed by atoms with Crippen LogP contribution in [0.3, 0.4) is 0 Å². The van der Waals surface area contributed by atoms with Gasteiger partial charge in [0.2, 0.25) is 0 Å². The van der Waals surface area contributed by atoms with Crippen molar-refractivity contribution in [2.24, 2.45) is 0 Å². The average molecular weight is 305 g/mol. The summed E-state index contributed by atoms with van der Waals surface area (Å²) in [4.78, 5) is 2.08. The Morgan fingerprint density at radius 3 is 2.71 bits per heavy atom. The second kappa shape index (κ2) is 6.46. The Balaban J connectivity index is 1.87. The van der Waals surface area contributed by atoms with E-state index in [0.29, 0.717) is 5.69 Å². The van der Waals surface area contributed by atoms with E-state index in [0.717, 1.165) is 26.1 Å². The van der Waals surface area contributed by atoms with E-state index >= 15 is 0 Å². The number of halogens is 2. The zero-order valence-electron chi connectivity index (χ0n) is 11.7.